The van der Waals surface area contributed by atoms with Crippen molar-refractivity contribution in [1.82, 2.24) is 0 Å². The van der Waals surface area contributed by atoms with Crippen molar-refractivity contribution in [2.24, 2.45) is 0 Å². The normalized spacial score (nSPS) is 13.4. The van der Waals surface area contributed by atoms with Gasteiger partial charge in [-0.15, -0.1) is 11.3 Å². The van der Waals surface area contributed by atoms with Gasteiger partial charge in [-0.1, -0.05) is 13.0 Å². The summed E-state index contributed by atoms with van der Waals surface area (Å²) >= 11 is 1.76. The maximum absolute atomic E-state index is 5.25. The van der Waals surface area contributed by atoms with Crippen molar-refractivity contribution < 1.29 is 4.74 Å². The summed E-state index contributed by atoms with van der Waals surface area (Å²) in [7, 11) is 1.76. The summed E-state index contributed by atoms with van der Waals surface area (Å²) in [5, 5.41) is 2.08. The third-order valence-electron chi connectivity index (χ3n) is 1.52. The quantitative estimate of drug-likeness (QED) is 0.654. The molecule has 10 heavy (non-hydrogen) atoms. The topological polar surface area (TPSA) is 9.23 Å². The van der Waals surface area contributed by atoms with Crippen LogP contribution in [0.5, 0.6) is 0 Å². The van der Waals surface area contributed by atoms with Gasteiger partial charge in [-0.05, 0) is 17.9 Å². The van der Waals surface area contributed by atoms with E-state index in [1.54, 1.807) is 18.4 Å². The fourth-order valence-electron chi connectivity index (χ4n) is 0.958. The molecule has 1 aromatic rings. The lowest BCUT2D eigenvalue weighted by atomic mass is 10.2. The molecule has 1 rings (SSSR count). The monoisotopic (exact) mass is 156 g/mol. The van der Waals surface area contributed by atoms with Crippen LogP contribution in [0.4, 0.5) is 0 Å². The van der Waals surface area contributed by atoms with Gasteiger partial charge in [0.2, 0.25) is 0 Å². The van der Waals surface area contributed by atoms with E-state index in [-0.39, 0.29) is 0 Å². The molecule has 0 aliphatic rings. The minimum Gasteiger partial charge on any atom is -0.376 e. The molecule has 1 nitrogen and oxygen atoms in total. The van der Waals surface area contributed by atoms with Gasteiger partial charge < -0.3 is 4.74 Å². The number of hydrogen-bond donors (Lipinski definition) is 0. The van der Waals surface area contributed by atoms with Crippen LogP contribution >= 0.6 is 11.3 Å². The summed E-state index contributed by atoms with van der Waals surface area (Å²) in [6.07, 6.45) is 1.36. The minimum atomic E-state index is 0.306. The Bertz CT molecular complexity index is 165. The molecule has 56 valence electrons. The van der Waals surface area contributed by atoms with Crippen LogP contribution in [0.3, 0.4) is 0 Å². The maximum Gasteiger partial charge on any atom is 0.0910 e. The van der Waals surface area contributed by atoms with Gasteiger partial charge in [-0.2, -0.15) is 0 Å². The Hall–Kier alpha value is -0.340. The lowest BCUT2D eigenvalue weighted by Gasteiger charge is -2.09. The van der Waals surface area contributed by atoms with Crippen LogP contribution in [0, 0.1) is 0 Å². The summed E-state index contributed by atoms with van der Waals surface area (Å²) in [5.74, 6) is 0. The van der Waals surface area contributed by atoms with Crippen molar-refractivity contribution in [1.29, 1.82) is 0 Å². The van der Waals surface area contributed by atoms with Crippen molar-refractivity contribution in [2.45, 2.75) is 19.4 Å². The third-order valence-corrected chi connectivity index (χ3v) is 2.48. The van der Waals surface area contributed by atoms with E-state index >= 15 is 0 Å². The van der Waals surface area contributed by atoms with Crippen molar-refractivity contribution in [3.8, 4) is 0 Å². The van der Waals surface area contributed by atoms with Gasteiger partial charge in [0.1, 0.15) is 0 Å². The van der Waals surface area contributed by atoms with Gasteiger partial charge in [0.15, 0.2) is 0 Å². The molecule has 1 heterocycles. The first-order valence-corrected chi connectivity index (χ1v) is 4.32. The van der Waals surface area contributed by atoms with Gasteiger partial charge in [-0.3, -0.25) is 0 Å². The third kappa shape index (κ3) is 1.58. The fourth-order valence-corrected chi connectivity index (χ4v) is 1.84. The Kier molecular flexibility index (Phi) is 2.90. The SMILES string of the molecule is CCC(OC)c1cccs1. The summed E-state index contributed by atoms with van der Waals surface area (Å²) in [6, 6.07) is 4.17. The molecule has 0 saturated carbocycles. The summed E-state index contributed by atoms with van der Waals surface area (Å²) in [4.78, 5) is 1.32. The Balaban J connectivity index is 2.64. The number of thiophene rings is 1. The molecular weight excluding hydrogens is 144 g/mol. The second-order valence-corrected chi connectivity index (χ2v) is 3.13. The molecular formula is C8H12OS. The van der Waals surface area contributed by atoms with Gasteiger partial charge in [-0.25, -0.2) is 0 Å². The number of ether oxygens (including phenoxy) is 1. The summed E-state index contributed by atoms with van der Waals surface area (Å²) < 4.78 is 5.25. The molecule has 0 radical (unpaired) electrons. The van der Waals surface area contributed by atoms with Crippen LogP contribution in [-0.2, 0) is 4.74 Å². The highest BCUT2D eigenvalue weighted by atomic mass is 32.1. The smallest absolute Gasteiger partial charge is 0.0910 e. The van der Waals surface area contributed by atoms with Crippen LogP contribution in [0.25, 0.3) is 0 Å². The van der Waals surface area contributed by atoms with E-state index in [2.05, 4.69) is 24.4 Å². The highest BCUT2D eigenvalue weighted by Gasteiger charge is 2.06. The van der Waals surface area contributed by atoms with E-state index < -0.39 is 0 Å². The van der Waals surface area contributed by atoms with Crippen LogP contribution in [0.1, 0.15) is 24.3 Å². The predicted molar refractivity (Wildman–Crippen MR) is 44.4 cm³/mol. The first-order valence-electron chi connectivity index (χ1n) is 3.44. The molecule has 1 unspecified atom stereocenters. The number of methoxy groups -OCH3 is 1. The second kappa shape index (κ2) is 3.74. The van der Waals surface area contributed by atoms with Crippen LogP contribution in [0.15, 0.2) is 17.5 Å². The fraction of sp³-hybridized carbons (Fsp3) is 0.500. The molecule has 0 aromatic carbocycles. The Morgan fingerprint density at radius 3 is 2.90 bits per heavy atom. The summed E-state index contributed by atoms with van der Waals surface area (Å²) in [5.41, 5.74) is 0. The van der Waals surface area contributed by atoms with E-state index in [0.717, 1.165) is 6.42 Å². The van der Waals surface area contributed by atoms with E-state index in [1.165, 1.54) is 4.88 Å². The van der Waals surface area contributed by atoms with E-state index in [0.29, 0.717) is 6.10 Å². The molecule has 0 amide bonds. The Morgan fingerprint density at radius 2 is 2.50 bits per heavy atom. The average Bonchev–Trinajstić information content (AvgIpc) is 2.43. The lowest BCUT2D eigenvalue weighted by molar-refractivity contribution is 0.103. The zero-order valence-electron chi connectivity index (χ0n) is 6.33. The van der Waals surface area contributed by atoms with Crippen molar-refractivity contribution >= 4 is 11.3 Å². The number of rotatable bonds is 3. The lowest BCUT2D eigenvalue weighted by Crippen LogP contribution is -1.95. The van der Waals surface area contributed by atoms with Gasteiger partial charge in [0, 0.05) is 12.0 Å². The molecule has 0 fully saturated rings. The molecule has 1 atom stereocenters. The summed E-state index contributed by atoms with van der Waals surface area (Å²) in [6.45, 7) is 2.13. The number of hydrogen-bond acceptors (Lipinski definition) is 2. The van der Waals surface area contributed by atoms with Crippen LogP contribution in [-0.4, -0.2) is 7.11 Å². The molecule has 0 aliphatic heterocycles. The molecule has 1 aromatic heterocycles. The Morgan fingerprint density at radius 1 is 1.70 bits per heavy atom. The van der Waals surface area contributed by atoms with Crippen molar-refractivity contribution in [3.63, 3.8) is 0 Å². The zero-order valence-corrected chi connectivity index (χ0v) is 7.15. The average molecular weight is 156 g/mol. The molecule has 0 spiro atoms. The first kappa shape index (κ1) is 7.76. The molecule has 0 N–H and O–H groups in total. The van der Waals surface area contributed by atoms with Crippen LogP contribution < -0.4 is 0 Å². The predicted octanol–water partition coefficient (Wildman–Crippen LogP) is 2.85. The van der Waals surface area contributed by atoms with E-state index in [9.17, 15) is 0 Å². The largest absolute Gasteiger partial charge is 0.376 e. The molecule has 0 saturated heterocycles. The van der Waals surface area contributed by atoms with Crippen LogP contribution in [0.2, 0.25) is 0 Å². The van der Waals surface area contributed by atoms with Crippen molar-refractivity contribution in [2.75, 3.05) is 7.11 Å². The molecule has 0 aliphatic carbocycles. The highest BCUT2D eigenvalue weighted by molar-refractivity contribution is 7.10. The van der Waals surface area contributed by atoms with E-state index in [4.69, 9.17) is 4.74 Å². The van der Waals surface area contributed by atoms with E-state index in [1.807, 2.05) is 0 Å². The minimum absolute atomic E-state index is 0.306. The highest BCUT2D eigenvalue weighted by Crippen LogP contribution is 2.23. The molecule has 2 heteroatoms. The van der Waals surface area contributed by atoms with Gasteiger partial charge >= 0.3 is 0 Å². The van der Waals surface area contributed by atoms with Gasteiger partial charge in [0.25, 0.3) is 0 Å². The van der Waals surface area contributed by atoms with Gasteiger partial charge in [0.05, 0.1) is 6.10 Å². The second-order valence-electron chi connectivity index (χ2n) is 2.15. The van der Waals surface area contributed by atoms with Crippen molar-refractivity contribution in [3.05, 3.63) is 22.4 Å². The molecule has 0 bridgehead atoms. The standard InChI is InChI=1S/C8H12OS/c1-3-7(9-2)8-5-4-6-10-8/h4-7H,3H2,1-2H3. The Labute approximate surface area is 65.6 Å². The maximum atomic E-state index is 5.25. The first-order chi connectivity index (χ1) is 4.88. The zero-order chi connectivity index (χ0) is 7.40.